The summed E-state index contributed by atoms with van der Waals surface area (Å²) in [6.07, 6.45) is -0.522. The SMILES string of the molecule is Cc1csc(C(O)Cc2cc(F)ccc2Cl)c1Cl. The first kappa shape index (κ1) is 13.8. The lowest BCUT2D eigenvalue weighted by atomic mass is 10.1. The van der Waals surface area contributed by atoms with Crippen LogP contribution in [0, 0.1) is 12.7 Å². The summed E-state index contributed by atoms with van der Waals surface area (Å²) in [5.41, 5.74) is 1.51. The first-order valence-electron chi connectivity index (χ1n) is 5.34. The molecule has 0 saturated carbocycles. The Kier molecular flexibility index (Phi) is 4.28. The molecule has 1 nitrogen and oxygen atoms in total. The molecule has 1 aromatic carbocycles. The molecule has 96 valence electrons. The fraction of sp³-hybridized carbons (Fsp3) is 0.231. The molecule has 0 spiro atoms. The molecule has 0 aliphatic heterocycles. The Morgan fingerprint density at radius 1 is 1.39 bits per heavy atom. The molecule has 0 aliphatic carbocycles. The molecule has 0 aliphatic rings. The summed E-state index contributed by atoms with van der Waals surface area (Å²) in [5.74, 6) is -0.366. The zero-order valence-corrected chi connectivity index (χ0v) is 11.9. The van der Waals surface area contributed by atoms with Crippen molar-refractivity contribution in [1.29, 1.82) is 0 Å². The summed E-state index contributed by atoms with van der Waals surface area (Å²) in [6.45, 7) is 1.88. The van der Waals surface area contributed by atoms with E-state index in [4.69, 9.17) is 23.2 Å². The molecule has 1 unspecified atom stereocenters. The van der Waals surface area contributed by atoms with Crippen molar-refractivity contribution in [2.45, 2.75) is 19.4 Å². The van der Waals surface area contributed by atoms with Gasteiger partial charge in [-0.2, -0.15) is 0 Å². The average molecular weight is 305 g/mol. The molecule has 1 N–H and O–H groups in total. The van der Waals surface area contributed by atoms with Crippen molar-refractivity contribution in [2.75, 3.05) is 0 Å². The van der Waals surface area contributed by atoms with Gasteiger partial charge in [0.05, 0.1) is 16.0 Å². The van der Waals surface area contributed by atoms with E-state index in [-0.39, 0.29) is 12.2 Å². The Bertz CT molecular complexity index is 568. The Morgan fingerprint density at radius 3 is 2.72 bits per heavy atom. The zero-order chi connectivity index (χ0) is 13.3. The lowest BCUT2D eigenvalue weighted by molar-refractivity contribution is 0.182. The van der Waals surface area contributed by atoms with Crippen LogP contribution in [0.5, 0.6) is 0 Å². The molecule has 0 amide bonds. The van der Waals surface area contributed by atoms with E-state index in [1.165, 1.54) is 29.5 Å². The Labute approximate surface area is 119 Å². The standard InChI is InChI=1S/C13H11Cl2FOS/c1-7-6-18-13(12(7)15)11(17)5-8-4-9(16)2-3-10(8)14/h2-4,6,11,17H,5H2,1H3. The van der Waals surface area contributed by atoms with Crippen LogP contribution in [0.25, 0.3) is 0 Å². The fourth-order valence-electron chi connectivity index (χ4n) is 1.68. The van der Waals surface area contributed by atoms with Crippen molar-refractivity contribution in [3.63, 3.8) is 0 Å². The number of hydrogen-bond donors (Lipinski definition) is 1. The smallest absolute Gasteiger partial charge is 0.123 e. The van der Waals surface area contributed by atoms with Gasteiger partial charge in [-0.3, -0.25) is 0 Å². The van der Waals surface area contributed by atoms with Crippen molar-refractivity contribution >= 4 is 34.5 Å². The first-order chi connectivity index (χ1) is 8.49. The summed E-state index contributed by atoms with van der Waals surface area (Å²) < 4.78 is 13.1. The van der Waals surface area contributed by atoms with Gasteiger partial charge in [0.25, 0.3) is 0 Å². The molecule has 0 bridgehead atoms. The van der Waals surface area contributed by atoms with Crippen LogP contribution in [-0.2, 0) is 6.42 Å². The van der Waals surface area contributed by atoms with Gasteiger partial charge >= 0.3 is 0 Å². The number of aliphatic hydroxyl groups excluding tert-OH is 1. The third kappa shape index (κ3) is 2.86. The Morgan fingerprint density at radius 2 is 2.11 bits per heavy atom. The molecule has 0 radical (unpaired) electrons. The fourth-order valence-corrected chi connectivity index (χ4v) is 3.18. The number of aliphatic hydroxyl groups is 1. The third-order valence-electron chi connectivity index (χ3n) is 2.65. The summed E-state index contributed by atoms with van der Waals surface area (Å²) in [5, 5.41) is 13.0. The second kappa shape index (κ2) is 5.57. The third-order valence-corrected chi connectivity index (χ3v) is 4.83. The van der Waals surface area contributed by atoms with E-state index in [9.17, 15) is 9.50 Å². The normalized spacial score (nSPS) is 12.7. The molecule has 0 saturated heterocycles. The maximum absolute atomic E-state index is 13.1. The summed E-state index contributed by atoms with van der Waals surface area (Å²) >= 11 is 13.4. The van der Waals surface area contributed by atoms with Gasteiger partial charge in [0, 0.05) is 11.4 Å². The van der Waals surface area contributed by atoms with Gasteiger partial charge in [-0.05, 0) is 41.6 Å². The molecule has 18 heavy (non-hydrogen) atoms. The molecule has 1 aromatic heterocycles. The average Bonchev–Trinajstić information content (AvgIpc) is 2.65. The number of hydrogen-bond acceptors (Lipinski definition) is 2. The molecule has 2 rings (SSSR count). The number of halogens is 3. The van der Waals surface area contributed by atoms with Crippen LogP contribution in [-0.4, -0.2) is 5.11 Å². The van der Waals surface area contributed by atoms with E-state index in [1.54, 1.807) is 0 Å². The largest absolute Gasteiger partial charge is 0.387 e. The van der Waals surface area contributed by atoms with Crippen LogP contribution in [0.3, 0.4) is 0 Å². The van der Waals surface area contributed by atoms with Crippen LogP contribution in [0.2, 0.25) is 10.0 Å². The predicted molar refractivity (Wildman–Crippen MR) is 74.1 cm³/mol. The van der Waals surface area contributed by atoms with Gasteiger partial charge in [-0.1, -0.05) is 23.2 Å². The molecule has 2 aromatic rings. The van der Waals surface area contributed by atoms with Crippen molar-refractivity contribution in [3.05, 3.63) is 55.4 Å². The molecule has 1 heterocycles. The highest BCUT2D eigenvalue weighted by molar-refractivity contribution is 7.10. The van der Waals surface area contributed by atoms with E-state index in [1.807, 2.05) is 12.3 Å². The molecule has 0 fully saturated rings. The topological polar surface area (TPSA) is 20.2 Å². The van der Waals surface area contributed by atoms with Crippen LogP contribution >= 0.6 is 34.5 Å². The van der Waals surface area contributed by atoms with Gasteiger partial charge in [0.1, 0.15) is 5.82 Å². The lowest BCUT2D eigenvalue weighted by Crippen LogP contribution is -2.01. The monoisotopic (exact) mass is 304 g/mol. The van der Waals surface area contributed by atoms with Crippen LogP contribution in [0.1, 0.15) is 22.1 Å². The van der Waals surface area contributed by atoms with Crippen LogP contribution in [0.4, 0.5) is 4.39 Å². The minimum absolute atomic E-state index is 0.246. The highest BCUT2D eigenvalue weighted by Gasteiger charge is 2.17. The van der Waals surface area contributed by atoms with Gasteiger partial charge in [-0.15, -0.1) is 11.3 Å². The molecule has 1 atom stereocenters. The van der Waals surface area contributed by atoms with Gasteiger partial charge in [-0.25, -0.2) is 4.39 Å². The maximum Gasteiger partial charge on any atom is 0.123 e. The van der Waals surface area contributed by atoms with E-state index in [0.717, 1.165) is 5.56 Å². The van der Waals surface area contributed by atoms with Crippen molar-refractivity contribution in [3.8, 4) is 0 Å². The highest BCUT2D eigenvalue weighted by Crippen LogP contribution is 2.34. The highest BCUT2D eigenvalue weighted by atomic mass is 35.5. The van der Waals surface area contributed by atoms with Crippen molar-refractivity contribution in [1.82, 2.24) is 0 Å². The molecule has 5 heteroatoms. The molecular weight excluding hydrogens is 294 g/mol. The summed E-state index contributed by atoms with van der Waals surface area (Å²) in [6, 6.07) is 4.11. The minimum Gasteiger partial charge on any atom is -0.387 e. The van der Waals surface area contributed by atoms with Gasteiger partial charge in [0.2, 0.25) is 0 Å². The Balaban J connectivity index is 2.23. The maximum atomic E-state index is 13.1. The van der Waals surface area contributed by atoms with Crippen molar-refractivity contribution in [2.24, 2.45) is 0 Å². The van der Waals surface area contributed by atoms with E-state index in [0.29, 0.717) is 20.5 Å². The number of rotatable bonds is 3. The summed E-state index contributed by atoms with van der Waals surface area (Å²) in [7, 11) is 0. The quantitative estimate of drug-likeness (QED) is 0.865. The Hall–Kier alpha value is -0.610. The summed E-state index contributed by atoms with van der Waals surface area (Å²) in [4.78, 5) is 0.689. The van der Waals surface area contributed by atoms with E-state index >= 15 is 0 Å². The van der Waals surface area contributed by atoms with Gasteiger partial charge < -0.3 is 5.11 Å². The predicted octanol–water partition coefficient (Wildman–Crippen LogP) is 4.78. The number of benzene rings is 1. The zero-order valence-electron chi connectivity index (χ0n) is 9.58. The van der Waals surface area contributed by atoms with Crippen molar-refractivity contribution < 1.29 is 9.50 Å². The van der Waals surface area contributed by atoms with E-state index in [2.05, 4.69) is 0 Å². The first-order valence-corrected chi connectivity index (χ1v) is 6.98. The number of aryl methyl sites for hydroxylation is 1. The van der Waals surface area contributed by atoms with Gasteiger partial charge in [0.15, 0.2) is 0 Å². The van der Waals surface area contributed by atoms with E-state index < -0.39 is 6.10 Å². The lowest BCUT2D eigenvalue weighted by Gasteiger charge is -2.11. The number of thiophene rings is 1. The second-order valence-corrected chi connectivity index (χ2v) is 5.75. The second-order valence-electron chi connectivity index (χ2n) is 4.05. The van der Waals surface area contributed by atoms with Crippen LogP contribution < -0.4 is 0 Å². The molecular formula is C13H11Cl2FOS. The minimum atomic E-state index is -0.768. The van der Waals surface area contributed by atoms with Crippen LogP contribution in [0.15, 0.2) is 23.6 Å².